The number of hydrogen-bond acceptors (Lipinski definition) is 8. The minimum atomic E-state index is -0.717. The van der Waals surface area contributed by atoms with Crippen molar-refractivity contribution in [3.05, 3.63) is 75.6 Å². The molecule has 0 radical (unpaired) electrons. The highest BCUT2D eigenvalue weighted by molar-refractivity contribution is 7.99. The Kier molecular flexibility index (Phi) is 5.67. The van der Waals surface area contributed by atoms with Gasteiger partial charge in [0.1, 0.15) is 12.9 Å². The SMILES string of the molecule is Cn1cnnc1Sc1ccc(C(=O)OCc2ccccc2C#N)cc1[N+](=O)[O-]. The van der Waals surface area contributed by atoms with Gasteiger partial charge in [0.2, 0.25) is 0 Å². The first kappa shape index (κ1) is 19.1. The number of esters is 1. The van der Waals surface area contributed by atoms with Crippen LogP contribution in [0.15, 0.2) is 58.8 Å². The fourth-order valence-corrected chi connectivity index (χ4v) is 3.17. The van der Waals surface area contributed by atoms with Gasteiger partial charge in [0.15, 0.2) is 5.16 Å². The van der Waals surface area contributed by atoms with E-state index >= 15 is 0 Å². The van der Waals surface area contributed by atoms with Gasteiger partial charge in [-0.1, -0.05) is 18.2 Å². The largest absolute Gasteiger partial charge is 0.457 e. The highest BCUT2D eigenvalue weighted by Gasteiger charge is 2.21. The Hall–Kier alpha value is -3.71. The van der Waals surface area contributed by atoms with Gasteiger partial charge in [0.05, 0.1) is 27.0 Å². The Labute approximate surface area is 163 Å². The predicted octanol–water partition coefficient (Wildman–Crippen LogP) is 3.10. The number of nitriles is 1. The predicted molar refractivity (Wildman–Crippen MR) is 98.5 cm³/mol. The summed E-state index contributed by atoms with van der Waals surface area (Å²) in [5, 5.41) is 28.6. The molecule has 0 aliphatic heterocycles. The summed E-state index contributed by atoms with van der Waals surface area (Å²) >= 11 is 1.07. The van der Waals surface area contributed by atoms with E-state index in [9.17, 15) is 14.9 Å². The van der Waals surface area contributed by atoms with Gasteiger partial charge in [0, 0.05) is 18.7 Å². The van der Waals surface area contributed by atoms with Crippen LogP contribution in [0.2, 0.25) is 0 Å². The third kappa shape index (κ3) is 4.16. The van der Waals surface area contributed by atoms with Crippen LogP contribution in [0.4, 0.5) is 5.69 Å². The molecular formula is C18H13N5O4S. The molecule has 1 heterocycles. The van der Waals surface area contributed by atoms with Crippen LogP contribution in [0.3, 0.4) is 0 Å². The lowest BCUT2D eigenvalue weighted by Gasteiger charge is -2.08. The van der Waals surface area contributed by atoms with Crippen LogP contribution in [0, 0.1) is 21.4 Å². The van der Waals surface area contributed by atoms with Crippen molar-refractivity contribution in [2.75, 3.05) is 0 Å². The van der Waals surface area contributed by atoms with E-state index in [4.69, 9.17) is 10.00 Å². The molecule has 0 N–H and O–H groups in total. The molecule has 0 saturated heterocycles. The smallest absolute Gasteiger partial charge is 0.338 e. The molecule has 0 aliphatic carbocycles. The fraction of sp³-hybridized carbons (Fsp3) is 0.111. The van der Waals surface area contributed by atoms with Crippen LogP contribution in [-0.2, 0) is 18.4 Å². The van der Waals surface area contributed by atoms with Crippen LogP contribution >= 0.6 is 11.8 Å². The minimum absolute atomic E-state index is 0.0449. The zero-order chi connectivity index (χ0) is 20.1. The van der Waals surface area contributed by atoms with Crippen molar-refractivity contribution in [1.82, 2.24) is 14.8 Å². The molecule has 0 atom stereocenters. The highest BCUT2D eigenvalue weighted by atomic mass is 32.2. The van der Waals surface area contributed by atoms with E-state index in [-0.39, 0.29) is 17.9 Å². The molecule has 9 nitrogen and oxygen atoms in total. The van der Waals surface area contributed by atoms with E-state index in [1.54, 1.807) is 35.9 Å². The first-order valence-electron chi connectivity index (χ1n) is 7.95. The number of aryl methyl sites for hydroxylation is 1. The van der Waals surface area contributed by atoms with E-state index in [1.165, 1.54) is 18.5 Å². The Morgan fingerprint density at radius 2 is 2.14 bits per heavy atom. The van der Waals surface area contributed by atoms with E-state index in [0.717, 1.165) is 17.8 Å². The zero-order valence-electron chi connectivity index (χ0n) is 14.6. The maximum atomic E-state index is 12.3. The van der Waals surface area contributed by atoms with Crippen molar-refractivity contribution in [3.63, 3.8) is 0 Å². The quantitative estimate of drug-likeness (QED) is 0.354. The van der Waals surface area contributed by atoms with E-state index in [0.29, 0.717) is 21.2 Å². The summed E-state index contributed by atoms with van der Waals surface area (Å²) in [7, 11) is 1.72. The van der Waals surface area contributed by atoms with Crippen molar-refractivity contribution in [2.24, 2.45) is 7.05 Å². The molecule has 3 rings (SSSR count). The normalized spacial score (nSPS) is 10.3. The second-order valence-corrected chi connectivity index (χ2v) is 6.62. The lowest BCUT2D eigenvalue weighted by atomic mass is 10.1. The van der Waals surface area contributed by atoms with Crippen molar-refractivity contribution in [3.8, 4) is 6.07 Å². The molecule has 1 aromatic heterocycles. The van der Waals surface area contributed by atoms with Crippen LogP contribution in [-0.4, -0.2) is 25.7 Å². The van der Waals surface area contributed by atoms with Crippen LogP contribution in [0.1, 0.15) is 21.5 Å². The molecule has 140 valence electrons. The molecule has 0 amide bonds. The molecule has 0 unspecified atom stereocenters. The van der Waals surface area contributed by atoms with Gasteiger partial charge in [-0.25, -0.2) is 4.79 Å². The van der Waals surface area contributed by atoms with Crippen LogP contribution in [0.5, 0.6) is 0 Å². The Balaban J connectivity index is 1.79. The summed E-state index contributed by atoms with van der Waals surface area (Å²) in [5.41, 5.74) is 0.766. The van der Waals surface area contributed by atoms with Crippen LogP contribution in [0.25, 0.3) is 0 Å². The number of hydrogen-bond donors (Lipinski definition) is 0. The molecule has 3 aromatic rings. The van der Waals surface area contributed by atoms with Gasteiger partial charge in [0.25, 0.3) is 5.69 Å². The minimum Gasteiger partial charge on any atom is -0.457 e. The maximum Gasteiger partial charge on any atom is 0.338 e. The molecule has 0 bridgehead atoms. The summed E-state index contributed by atoms with van der Waals surface area (Å²) in [6, 6.07) is 12.8. The second kappa shape index (κ2) is 8.32. The second-order valence-electron chi connectivity index (χ2n) is 5.61. The van der Waals surface area contributed by atoms with E-state index in [2.05, 4.69) is 10.2 Å². The summed E-state index contributed by atoms with van der Waals surface area (Å²) < 4.78 is 6.84. The number of nitro benzene ring substituents is 1. The Morgan fingerprint density at radius 3 is 2.82 bits per heavy atom. The highest BCUT2D eigenvalue weighted by Crippen LogP contribution is 2.34. The van der Waals surface area contributed by atoms with E-state index < -0.39 is 10.9 Å². The third-order valence-corrected chi connectivity index (χ3v) is 4.88. The lowest BCUT2D eigenvalue weighted by molar-refractivity contribution is -0.387. The number of ether oxygens (including phenoxy) is 1. The van der Waals surface area contributed by atoms with Gasteiger partial charge in [-0.2, -0.15) is 5.26 Å². The topological polar surface area (TPSA) is 124 Å². The number of nitro groups is 1. The zero-order valence-corrected chi connectivity index (χ0v) is 15.4. The average molecular weight is 395 g/mol. The summed E-state index contributed by atoms with van der Waals surface area (Å²) in [6.45, 7) is -0.105. The number of rotatable bonds is 6. The van der Waals surface area contributed by atoms with Gasteiger partial charge in [-0.3, -0.25) is 10.1 Å². The molecule has 2 aromatic carbocycles. The lowest BCUT2D eigenvalue weighted by Crippen LogP contribution is -2.07. The molecular weight excluding hydrogens is 382 g/mol. The van der Waals surface area contributed by atoms with Crippen molar-refractivity contribution in [2.45, 2.75) is 16.7 Å². The van der Waals surface area contributed by atoms with Crippen LogP contribution < -0.4 is 0 Å². The van der Waals surface area contributed by atoms with Crippen molar-refractivity contribution >= 4 is 23.4 Å². The van der Waals surface area contributed by atoms with Crippen molar-refractivity contribution < 1.29 is 14.5 Å². The Morgan fingerprint density at radius 1 is 1.36 bits per heavy atom. The molecule has 0 fully saturated rings. The first-order chi connectivity index (χ1) is 13.5. The van der Waals surface area contributed by atoms with Crippen molar-refractivity contribution in [1.29, 1.82) is 5.26 Å². The number of carbonyl (C=O) groups is 1. The number of benzene rings is 2. The van der Waals surface area contributed by atoms with Gasteiger partial charge in [-0.05, 0) is 30.0 Å². The van der Waals surface area contributed by atoms with Gasteiger partial charge >= 0.3 is 5.97 Å². The molecule has 0 aliphatic rings. The molecule has 10 heteroatoms. The standard InChI is InChI=1S/C18H13N5O4S/c1-22-11-20-21-18(22)28-16-7-6-12(8-15(16)23(25)26)17(24)27-10-14-5-3-2-4-13(14)9-19/h2-8,11H,10H2,1H3. The first-order valence-corrected chi connectivity index (χ1v) is 8.76. The summed E-state index contributed by atoms with van der Waals surface area (Å²) in [5.74, 6) is -0.717. The number of carbonyl (C=O) groups excluding carboxylic acids is 1. The Bertz CT molecular complexity index is 1090. The monoisotopic (exact) mass is 395 g/mol. The fourth-order valence-electron chi connectivity index (χ4n) is 2.32. The molecule has 28 heavy (non-hydrogen) atoms. The summed E-state index contributed by atoms with van der Waals surface area (Å²) in [6.07, 6.45) is 1.49. The maximum absolute atomic E-state index is 12.3. The molecule has 0 saturated carbocycles. The summed E-state index contributed by atoms with van der Waals surface area (Å²) in [4.78, 5) is 23.5. The third-order valence-electron chi connectivity index (χ3n) is 3.76. The van der Waals surface area contributed by atoms with E-state index in [1.807, 2.05) is 6.07 Å². The van der Waals surface area contributed by atoms with Gasteiger partial charge < -0.3 is 9.30 Å². The number of aromatic nitrogens is 3. The number of nitrogens with zero attached hydrogens (tertiary/aromatic N) is 5. The van der Waals surface area contributed by atoms with Gasteiger partial charge in [-0.15, -0.1) is 10.2 Å². The molecule has 0 spiro atoms. The average Bonchev–Trinajstić information content (AvgIpc) is 3.11.